The van der Waals surface area contributed by atoms with Crippen molar-refractivity contribution in [2.24, 2.45) is 5.73 Å². The molecule has 2 aromatic rings. The zero-order chi connectivity index (χ0) is 13.0. The van der Waals surface area contributed by atoms with Crippen LogP contribution in [-0.4, -0.2) is 16.4 Å². The van der Waals surface area contributed by atoms with Crippen LogP contribution in [0, 0.1) is 5.82 Å². The van der Waals surface area contributed by atoms with Crippen LogP contribution in [0.2, 0.25) is 0 Å². The van der Waals surface area contributed by atoms with Crippen LogP contribution in [0.15, 0.2) is 36.7 Å². The van der Waals surface area contributed by atoms with E-state index < -0.39 is 0 Å². The van der Waals surface area contributed by atoms with Gasteiger partial charge in [-0.2, -0.15) is 5.10 Å². The summed E-state index contributed by atoms with van der Waals surface area (Å²) in [5.41, 5.74) is 6.43. The Hall–Kier alpha value is -1.88. The van der Waals surface area contributed by atoms with Gasteiger partial charge >= 0.3 is 0 Å². The van der Waals surface area contributed by atoms with Crippen molar-refractivity contribution in [3.05, 3.63) is 48.0 Å². The van der Waals surface area contributed by atoms with E-state index in [0.717, 1.165) is 5.56 Å². The molecule has 0 amide bonds. The minimum Gasteiger partial charge on any atom is -0.489 e. The van der Waals surface area contributed by atoms with Crippen molar-refractivity contribution in [3.63, 3.8) is 0 Å². The number of nitrogens with two attached hydrogens (primary N) is 1. The van der Waals surface area contributed by atoms with E-state index in [4.69, 9.17) is 10.5 Å². The number of hydrogen-bond acceptors (Lipinski definition) is 3. The summed E-state index contributed by atoms with van der Waals surface area (Å²) in [6.07, 6.45) is 3.52. The Morgan fingerprint density at radius 2 is 2.33 bits per heavy atom. The Bertz CT molecular complexity index is 497. The van der Waals surface area contributed by atoms with Gasteiger partial charge in [-0.3, -0.25) is 4.68 Å². The van der Waals surface area contributed by atoms with Gasteiger partial charge in [-0.05, 0) is 30.7 Å². The lowest BCUT2D eigenvalue weighted by Gasteiger charge is -2.10. The van der Waals surface area contributed by atoms with Gasteiger partial charge < -0.3 is 10.5 Å². The normalized spacial score (nSPS) is 12.4. The Labute approximate surface area is 105 Å². The highest BCUT2D eigenvalue weighted by Gasteiger charge is 2.07. The molecule has 1 aromatic heterocycles. The number of benzene rings is 1. The summed E-state index contributed by atoms with van der Waals surface area (Å²) in [5, 5.41) is 4.03. The van der Waals surface area contributed by atoms with Gasteiger partial charge in [0, 0.05) is 18.4 Å². The first-order valence-corrected chi connectivity index (χ1v) is 5.82. The minimum absolute atomic E-state index is 0.183. The van der Waals surface area contributed by atoms with Gasteiger partial charge in [0.25, 0.3) is 0 Å². The van der Waals surface area contributed by atoms with Crippen LogP contribution in [0.4, 0.5) is 4.39 Å². The van der Waals surface area contributed by atoms with Crippen LogP contribution >= 0.6 is 0 Å². The third kappa shape index (κ3) is 3.07. The smallest absolute Gasteiger partial charge is 0.165 e. The molecule has 0 aliphatic carbocycles. The minimum atomic E-state index is -0.384. The second-order valence-corrected chi connectivity index (χ2v) is 4.10. The van der Waals surface area contributed by atoms with Crippen LogP contribution < -0.4 is 10.5 Å². The Morgan fingerprint density at radius 3 is 2.94 bits per heavy atom. The monoisotopic (exact) mass is 249 g/mol. The molecule has 0 fully saturated rings. The maximum Gasteiger partial charge on any atom is 0.165 e. The number of nitrogens with zero attached hydrogens (tertiary/aromatic N) is 2. The number of ether oxygens (including phenoxy) is 1. The van der Waals surface area contributed by atoms with Crippen molar-refractivity contribution in [3.8, 4) is 5.75 Å². The van der Waals surface area contributed by atoms with E-state index in [-0.39, 0.29) is 17.6 Å². The predicted octanol–water partition coefficient (Wildman–Crippen LogP) is 2.12. The third-order valence-corrected chi connectivity index (χ3v) is 2.62. The lowest BCUT2D eigenvalue weighted by molar-refractivity contribution is 0.278. The van der Waals surface area contributed by atoms with Gasteiger partial charge in [-0.15, -0.1) is 0 Å². The molecule has 18 heavy (non-hydrogen) atoms. The van der Waals surface area contributed by atoms with E-state index in [2.05, 4.69) is 5.10 Å². The van der Waals surface area contributed by atoms with Crippen molar-refractivity contribution in [1.29, 1.82) is 0 Å². The predicted molar refractivity (Wildman–Crippen MR) is 66.7 cm³/mol. The summed E-state index contributed by atoms with van der Waals surface area (Å²) in [6.45, 7) is 2.77. The molecule has 0 bridgehead atoms. The maximum absolute atomic E-state index is 13.7. The van der Waals surface area contributed by atoms with Crippen molar-refractivity contribution >= 4 is 0 Å². The fraction of sp³-hybridized carbons (Fsp3) is 0.308. The van der Waals surface area contributed by atoms with E-state index in [0.29, 0.717) is 13.2 Å². The number of halogens is 1. The number of hydrogen-bond donors (Lipinski definition) is 1. The van der Waals surface area contributed by atoms with Gasteiger partial charge in [0.1, 0.15) is 6.61 Å². The molecule has 0 spiro atoms. The molecule has 1 heterocycles. The fourth-order valence-electron chi connectivity index (χ4n) is 1.60. The lowest BCUT2D eigenvalue weighted by atomic mass is 10.1. The molecule has 0 aliphatic heterocycles. The van der Waals surface area contributed by atoms with E-state index >= 15 is 0 Å². The summed E-state index contributed by atoms with van der Waals surface area (Å²) >= 11 is 0. The second kappa shape index (κ2) is 5.64. The van der Waals surface area contributed by atoms with Crippen molar-refractivity contribution in [2.45, 2.75) is 19.5 Å². The lowest BCUT2D eigenvalue weighted by Crippen LogP contribution is -2.10. The molecule has 0 radical (unpaired) electrons. The van der Waals surface area contributed by atoms with Crippen LogP contribution in [0.3, 0.4) is 0 Å². The van der Waals surface area contributed by atoms with Crippen LogP contribution in [0.1, 0.15) is 18.5 Å². The van der Waals surface area contributed by atoms with E-state index in [1.54, 1.807) is 23.0 Å². The van der Waals surface area contributed by atoms with Gasteiger partial charge in [-0.1, -0.05) is 6.07 Å². The molecule has 4 nitrogen and oxygen atoms in total. The molecule has 2 N–H and O–H groups in total. The molecule has 5 heteroatoms. The highest BCUT2D eigenvalue weighted by atomic mass is 19.1. The summed E-state index contributed by atoms with van der Waals surface area (Å²) in [7, 11) is 0. The third-order valence-electron chi connectivity index (χ3n) is 2.62. The highest BCUT2D eigenvalue weighted by molar-refractivity contribution is 5.30. The van der Waals surface area contributed by atoms with E-state index in [1.165, 1.54) is 6.07 Å². The summed E-state index contributed by atoms with van der Waals surface area (Å²) in [4.78, 5) is 0. The van der Waals surface area contributed by atoms with Crippen molar-refractivity contribution in [2.75, 3.05) is 6.61 Å². The Kier molecular flexibility index (Phi) is 3.94. The molecule has 96 valence electrons. The highest BCUT2D eigenvalue weighted by Crippen LogP contribution is 2.21. The van der Waals surface area contributed by atoms with E-state index in [1.807, 2.05) is 19.2 Å². The van der Waals surface area contributed by atoms with Gasteiger partial charge in [-0.25, -0.2) is 4.39 Å². The topological polar surface area (TPSA) is 53.1 Å². The summed E-state index contributed by atoms with van der Waals surface area (Å²) in [5.74, 6) is -0.142. The summed E-state index contributed by atoms with van der Waals surface area (Å²) in [6, 6.07) is 6.44. The van der Waals surface area contributed by atoms with Gasteiger partial charge in [0.15, 0.2) is 11.6 Å². The molecular formula is C13H16FN3O. The standard InChI is InChI=1S/C13H16FN3O/c1-10(15)11-3-4-13(12(14)9-11)18-8-7-17-6-2-5-16-17/h2-6,9-10H,7-8,15H2,1H3/t10-/m1/s1. The van der Waals surface area contributed by atoms with E-state index in [9.17, 15) is 4.39 Å². The zero-order valence-corrected chi connectivity index (χ0v) is 10.2. The Morgan fingerprint density at radius 1 is 1.50 bits per heavy atom. The Balaban J connectivity index is 1.93. The zero-order valence-electron chi connectivity index (χ0n) is 10.2. The molecule has 1 aromatic carbocycles. The molecule has 0 saturated carbocycles. The number of rotatable bonds is 5. The van der Waals surface area contributed by atoms with Crippen LogP contribution in [0.5, 0.6) is 5.75 Å². The molecular weight excluding hydrogens is 233 g/mol. The van der Waals surface area contributed by atoms with Crippen LogP contribution in [-0.2, 0) is 6.54 Å². The molecule has 0 aliphatic rings. The fourth-order valence-corrected chi connectivity index (χ4v) is 1.60. The molecule has 0 unspecified atom stereocenters. The average molecular weight is 249 g/mol. The van der Waals surface area contributed by atoms with Gasteiger partial charge in [0.2, 0.25) is 0 Å². The maximum atomic E-state index is 13.7. The first-order chi connectivity index (χ1) is 8.66. The number of aromatic nitrogens is 2. The molecule has 2 rings (SSSR count). The average Bonchev–Trinajstić information content (AvgIpc) is 2.84. The van der Waals surface area contributed by atoms with Crippen molar-refractivity contribution in [1.82, 2.24) is 9.78 Å². The molecule has 1 atom stereocenters. The molecule has 0 saturated heterocycles. The summed E-state index contributed by atoms with van der Waals surface area (Å²) < 4.78 is 20.8. The second-order valence-electron chi connectivity index (χ2n) is 4.10. The first kappa shape index (κ1) is 12.6. The largest absolute Gasteiger partial charge is 0.489 e. The SMILES string of the molecule is C[C@@H](N)c1ccc(OCCn2cccn2)c(F)c1. The first-order valence-electron chi connectivity index (χ1n) is 5.82. The van der Waals surface area contributed by atoms with Gasteiger partial charge in [0.05, 0.1) is 6.54 Å². The quantitative estimate of drug-likeness (QED) is 0.883. The van der Waals surface area contributed by atoms with Crippen LogP contribution in [0.25, 0.3) is 0 Å². The van der Waals surface area contributed by atoms with Crippen molar-refractivity contribution < 1.29 is 9.13 Å².